The predicted octanol–water partition coefficient (Wildman–Crippen LogP) is 3.76. The fourth-order valence-electron chi connectivity index (χ4n) is 1.67. The van der Waals surface area contributed by atoms with E-state index >= 15 is 0 Å². The zero-order valence-electron chi connectivity index (χ0n) is 6.37. The molecule has 1 unspecified atom stereocenters. The van der Waals surface area contributed by atoms with Crippen LogP contribution in [0, 0.1) is 5.92 Å². The van der Waals surface area contributed by atoms with Gasteiger partial charge < -0.3 is 0 Å². The van der Waals surface area contributed by atoms with Gasteiger partial charge in [-0.25, -0.2) is 0 Å². The lowest BCUT2D eigenvalue weighted by atomic mass is 9.86. The van der Waals surface area contributed by atoms with Gasteiger partial charge in [0.15, 0.2) is 0 Å². The van der Waals surface area contributed by atoms with E-state index < -0.39 is 4.33 Å². The maximum absolute atomic E-state index is 6.10. The minimum atomic E-state index is -0.410. The van der Waals surface area contributed by atoms with Crippen LogP contribution in [0.4, 0.5) is 0 Å². The Morgan fingerprint density at radius 1 is 1.40 bits per heavy atom. The summed E-state index contributed by atoms with van der Waals surface area (Å²) in [6, 6.07) is 0. The Balaban J connectivity index is 2.51. The Bertz CT molecular complexity index is 110. The summed E-state index contributed by atoms with van der Waals surface area (Å²) in [5, 5.41) is 0. The molecule has 1 aliphatic carbocycles. The van der Waals surface area contributed by atoms with Crippen molar-refractivity contribution in [1.82, 2.24) is 0 Å². The molecule has 0 N–H and O–H groups in total. The van der Waals surface area contributed by atoms with E-state index in [2.05, 4.69) is 6.92 Å². The summed E-state index contributed by atoms with van der Waals surface area (Å²) in [5.74, 6) is 0.532. The lowest BCUT2D eigenvalue weighted by Gasteiger charge is -2.33. The quantitative estimate of drug-likeness (QED) is 0.540. The zero-order valence-corrected chi connectivity index (χ0v) is 7.88. The van der Waals surface area contributed by atoms with Crippen LogP contribution in [0.3, 0.4) is 0 Å². The summed E-state index contributed by atoms with van der Waals surface area (Å²) in [6.07, 6.45) is 5.81. The van der Waals surface area contributed by atoms with E-state index in [1.807, 2.05) is 0 Å². The van der Waals surface area contributed by atoms with E-state index in [9.17, 15) is 0 Å². The van der Waals surface area contributed by atoms with Crippen LogP contribution in [0.25, 0.3) is 0 Å². The van der Waals surface area contributed by atoms with Crippen molar-refractivity contribution in [2.75, 3.05) is 0 Å². The molecule has 1 saturated carbocycles. The smallest absolute Gasteiger partial charge is 0.101 e. The van der Waals surface area contributed by atoms with Crippen LogP contribution in [0.1, 0.15) is 39.0 Å². The van der Waals surface area contributed by atoms with Crippen molar-refractivity contribution in [1.29, 1.82) is 0 Å². The highest BCUT2D eigenvalue weighted by Gasteiger charge is 2.35. The third-order valence-corrected chi connectivity index (χ3v) is 3.40. The zero-order chi connectivity index (χ0) is 7.61. The highest BCUT2D eigenvalue weighted by Crippen LogP contribution is 2.43. The van der Waals surface area contributed by atoms with Crippen LogP contribution in [-0.2, 0) is 0 Å². The van der Waals surface area contributed by atoms with Crippen LogP contribution >= 0.6 is 23.2 Å². The van der Waals surface area contributed by atoms with Crippen LogP contribution in [-0.4, -0.2) is 4.33 Å². The van der Waals surface area contributed by atoms with Gasteiger partial charge in [-0.3, -0.25) is 0 Å². The first-order valence-electron chi connectivity index (χ1n) is 4.04. The Hall–Kier alpha value is 0.580. The second kappa shape index (κ2) is 3.32. The molecule has 1 fully saturated rings. The van der Waals surface area contributed by atoms with Crippen molar-refractivity contribution >= 4 is 23.2 Å². The predicted molar refractivity (Wildman–Crippen MR) is 46.7 cm³/mol. The van der Waals surface area contributed by atoms with E-state index in [1.165, 1.54) is 19.3 Å². The van der Waals surface area contributed by atoms with Crippen LogP contribution in [0.5, 0.6) is 0 Å². The maximum Gasteiger partial charge on any atom is 0.121 e. The fraction of sp³-hybridized carbons (Fsp3) is 1.00. The van der Waals surface area contributed by atoms with E-state index in [0.717, 1.165) is 12.8 Å². The van der Waals surface area contributed by atoms with Crippen LogP contribution in [0.2, 0.25) is 0 Å². The first kappa shape index (κ1) is 8.67. The van der Waals surface area contributed by atoms with Gasteiger partial charge in [0.2, 0.25) is 0 Å². The maximum atomic E-state index is 6.10. The van der Waals surface area contributed by atoms with Crippen molar-refractivity contribution in [2.45, 2.75) is 43.4 Å². The molecule has 0 aromatic rings. The summed E-state index contributed by atoms with van der Waals surface area (Å²) >= 11 is 12.2. The van der Waals surface area contributed by atoms with Gasteiger partial charge in [0.25, 0.3) is 0 Å². The highest BCUT2D eigenvalue weighted by atomic mass is 35.5. The average Bonchev–Trinajstić information content (AvgIpc) is 1.87. The molecule has 0 amide bonds. The topological polar surface area (TPSA) is 0 Å². The lowest BCUT2D eigenvalue weighted by molar-refractivity contribution is 0.328. The number of hydrogen-bond acceptors (Lipinski definition) is 0. The molecule has 10 heavy (non-hydrogen) atoms. The second-order valence-electron chi connectivity index (χ2n) is 3.11. The van der Waals surface area contributed by atoms with Gasteiger partial charge in [-0.05, 0) is 18.8 Å². The molecule has 0 radical (unpaired) electrons. The van der Waals surface area contributed by atoms with E-state index in [0.29, 0.717) is 5.92 Å². The minimum absolute atomic E-state index is 0.410. The molecule has 0 bridgehead atoms. The lowest BCUT2D eigenvalue weighted by Crippen LogP contribution is -2.28. The summed E-state index contributed by atoms with van der Waals surface area (Å²) in [6.45, 7) is 2.16. The van der Waals surface area contributed by atoms with Gasteiger partial charge in [-0.15, -0.1) is 23.2 Å². The number of halogens is 2. The van der Waals surface area contributed by atoms with E-state index in [1.54, 1.807) is 0 Å². The number of hydrogen-bond donors (Lipinski definition) is 0. The first-order valence-corrected chi connectivity index (χ1v) is 4.80. The number of rotatable bonds is 1. The largest absolute Gasteiger partial charge is 0.121 e. The molecule has 0 aliphatic heterocycles. The Kier molecular flexibility index (Phi) is 2.88. The van der Waals surface area contributed by atoms with Crippen molar-refractivity contribution in [3.8, 4) is 0 Å². The summed E-state index contributed by atoms with van der Waals surface area (Å²) in [7, 11) is 0. The molecule has 1 aliphatic rings. The molecule has 0 saturated heterocycles. The molecule has 0 aromatic carbocycles. The van der Waals surface area contributed by atoms with E-state index in [4.69, 9.17) is 23.2 Å². The Morgan fingerprint density at radius 3 is 2.50 bits per heavy atom. The molecule has 2 heteroatoms. The molecular formula is C8H14Cl2. The van der Waals surface area contributed by atoms with Crippen molar-refractivity contribution in [3.63, 3.8) is 0 Å². The molecule has 60 valence electrons. The third-order valence-electron chi connectivity index (χ3n) is 2.40. The van der Waals surface area contributed by atoms with Gasteiger partial charge in [-0.2, -0.15) is 0 Å². The van der Waals surface area contributed by atoms with Crippen LogP contribution in [0.15, 0.2) is 0 Å². The highest BCUT2D eigenvalue weighted by molar-refractivity contribution is 6.48. The van der Waals surface area contributed by atoms with Gasteiger partial charge in [0.1, 0.15) is 4.33 Å². The van der Waals surface area contributed by atoms with Crippen molar-refractivity contribution in [2.24, 2.45) is 5.92 Å². The Morgan fingerprint density at radius 2 is 2.10 bits per heavy atom. The van der Waals surface area contributed by atoms with Crippen LogP contribution < -0.4 is 0 Å². The average molecular weight is 181 g/mol. The summed E-state index contributed by atoms with van der Waals surface area (Å²) < 4.78 is -0.410. The second-order valence-corrected chi connectivity index (χ2v) is 4.65. The van der Waals surface area contributed by atoms with Gasteiger partial charge in [0, 0.05) is 0 Å². The van der Waals surface area contributed by atoms with E-state index in [-0.39, 0.29) is 0 Å². The van der Waals surface area contributed by atoms with Crippen molar-refractivity contribution in [3.05, 3.63) is 0 Å². The normalized spacial score (nSPS) is 32.1. The SMILES string of the molecule is CCC1CCCCC1(Cl)Cl. The standard InChI is InChI=1S/C8H14Cl2/c1-2-7-5-3-4-6-8(7,9)10/h7H,2-6H2,1H3. The minimum Gasteiger partial charge on any atom is -0.101 e. The molecule has 0 heterocycles. The first-order chi connectivity index (χ1) is 4.67. The summed E-state index contributed by atoms with van der Waals surface area (Å²) in [4.78, 5) is 0. The van der Waals surface area contributed by atoms with Gasteiger partial charge in [0.05, 0.1) is 0 Å². The molecule has 0 spiro atoms. The molecule has 1 rings (SSSR count). The molecular weight excluding hydrogens is 167 g/mol. The fourth-order valence-corrected chi connectivity index (χ4v) is 2.46. The number of alkyl halides is 2. The molecule has 0 nitrogen and oxygen atoms in total. The van der Waals surface area contributed by atoms with Gasteiger partial charge >= 0.3 is 0 Å². The molecule has 0 aromatic heterocycles. The third kappa shape index (κ3) is 1.79. The van der Waals surface area contributed by atoms with Crippen molar-refractivity contribution < 1.29 is 0 Å². The monoisotopic (exact) mass is 180 g/mol. The molecule has 1 atom stereocenters. The Labute approximate surface area is 72.9 Å². The summed E-state index contributed by atoms with van der Waals surface area (Å²) in [5.41, 5.74) is 0. The van der Waals surface area contributed by atoms with Gasteiger partial charge in [-0.1, -0.05) is 26.2 Å².